The van der Waals surface area contributed by atoms with Crippen molar-refractivity contribution in [2.24, 2.45) is 7.05 Å². The second-order valence-electron chi connectivity index (χ2n) is 5.29. The number of nitrogens with one attached hydrogen (secondary N) is 1. The Balaban J connectivity index is 2.07. The van der Waals surface area contributed by atoms with Gasteiger partial charge in [-0.05, 0) is 38.8 Å². The van der Waals surface area contributed by atoms with Crippen molar-refractivity contribution in [1.82, 2.24) is 20.1 Å². The first-order valence-corrected chi connectivity index (χ1v) is 6.67. The zero-order chi connectivity index (χ0) is 14.0. The van der Waals surface area contributed by atoms with Gasteiger partial charge in [0.2, 0.25) is 0 Å². The Hall–Kier alpha value is -1.46. The first kappa shape index (κ1) is 14.0. The van der Waals surface area contributed by atoms with E-state index in [0.717, 1.165) is 35.3 Å². The molecule has 0 saturated carbocycles. The molecule has 2 N–H and O–H groups in total. The van der Waals surface area contributed by atoms with Crippen LogP contribution in [0.4, 0.5) is 0 Å². The Kier molecular flexibility index (Phi) is 4.17. The second kappa shape index (κ2) is 5.67. The maximum absolute atomic E-state index is 9.34. The molecule has 2 heterocycles. The van der Waals surface area contributed by atoms with Crippen LogP contribution in [0.2, 0.25) is 0 Å². The molecule has 0 aliphatic heterocycles. The lowest BCUT2D eigenvalue weighted by Crippen LogP contribution is -2.28. The average Bonchev–Trinajstić information content (AvgIpc) is 2.61. The molecule has 0 aromatic carbocycles. The fourth-order valence-electron chi connectivity index (χ4n) is 2.33. The zero-order valence-corrected chi connectivity index (χ0v) is 12.0. The number of aromatic nitrogens is 3. The van der Waals surface area contributed by atoms with Gasteiger partial charge in [-0.2, -0.15) is 5.10 Å². The number of fused-ring (bicyclic) bond motifs is 1. The van der Waals surface area contributed by atoms with Gasteiger partial charge in [-0.3, -0.25) is 4.68 Å². The number of nitrogens with zero attached hydrogens (tertiary/aromatic N) is 3. The summed E-state index contributed by atoms with van der Waals surface area (Å²) in [6.45, 7) is 6.64. The molecular weight excluding hydrogens is 240 g/mol. The summed E-state index contributed by atoms with van der Waals surface area (Å²) in [4.78, 5) is 4.45. The van der Waals surface area contributed by atoms with E-state index in [1.807, 2.05) is 27.1 Å². The number of hydrogen-bond donors (Lipinski definition) is 2. The van der Waals surface area contributed by atoms with Gasteiger partial charge in [-0.25, -0.2) is 4.98 Å². The molecule has 19 heavy (non-hydrogen) atoms. The van der Waals surface area contributed by atoms with Crippen LogP contribution in [-0.4, -0.2) is 32.0 Å². The van der Waals surface area contributed by atoms with Gasteiger partial charge in [0.05, 0.1) is 11.8 Å². The van der Waals surface area contributed by atoms with Gasteiger partial charge in [0.15, 0.2) is 5.65 Å². The molecule has 0 spiro atoms. The topological polar surface area (TPSA) is 63.0 Å². The number of aryl methyl sites for hydroxylation is 2. The van der Waals surface area contributed by atoms with Crippen LogP contribution in [0.1, 0.15) is 31.5 Å². The van der Waals surface area contributed by atoms with Crippen molar-refractivity contribution in [2.75, 3.05) is 0 Å². The molecule has 0 bridgehead atoms. The predicted molar refractivity (Wildman–Crippen MR) is 75.8 cm³/mol. The van der Waals surface area contributed by atoms with Crippen LogP contribution in [0, 0.1) is 6.92 Å². The standard InChI is InChI=1S/C14H22N4O/c1-9(5-10(2)19)15-7-12-6-13-11(3)17-18(4)14(13)16-8-12/h6,8-10,15,19H,5,7H2,1-4H3. The summed E-state index contributed by atoms with van der Waals surface area (Å²) in [6, 6.07) is 2.41. The lowest BCUT2D eigenvalue weighted by Gasteiger charge is -2.15. The van der Waals surface area contributed by atoms with Crippen LogP contribution in [0.5, 0.6) is 0 Å². The van der Waals surface area contributed by atoms with E-state index >= 15 is 0 Å². The Labute approximate surface area is 113 Å². The smallest absolute Gasteiger partial charge is 0.157 e. The van der Waals surface area contributed by atoms with Gasteiger partial charge in [-0.15, -0.1) is 0 Å². The van der Waals surface area contributed by atoms with Crippen molar-refractivity contribution in [3.05, 3.63) is 23.5 Å². The Morgan fingerprint density at radius 3 is 2.84 bits per heavy atom. The van der Waals surface area contributed by atoms with Gasteiger partial charge in [0, 0.05) is 31.2 Å². The summed E-state index contributed by atoms with van der Waals surface area (Å²) >= 11 is 0. The van der Waals surface area contributed by atoms with Gasteiger partial charge in [-0.1, -0.05) is 0 Å². The molecular formula is C14H22N4O. The van der Waals surface area contributed by atoms with E-state index in [4.69, 9.17) is 0 Å². The highest BCUT2D eigenvalue weighted by molar-refractivity contribution is 5.78. The highest BCUT2D eigenvalue weighted by Crippen LogP contribution is 2.16. The largest absolute Gasteiger partial charge is 0.393 e. The van der Waals surface area contributed by atoms with E-state index in [2.05, 4.69) is 28.4 Å². The van der Waals surface area contributed by atoms with Gasteiger partial charge >= 0.3 is 0 Å². The van der Waals surface area contributed by atoms with Crippen molar-refractivity contribution in [2.45, 2.75) is 45.9 Å². The summed E-state index contributed by atoms with van der Waals surface area (Å²) in [5, 5.41) is 18.2. The minimum absolute atomic E-state index is 0.274. The molecule has 0 fully saturated rings. The van der Waals surface area contributed by atoms with Gasteiger partial charge in [0.25, 0.3) is 0 Å². The van der Waals surface area contributed by atoms with E-state index in [-0.39, 0.29) is 12.1 Å². The summed E-state index contributed by atoms with van der Waals surface area (Å²) in [5.74, 6) is 0. The summed E-state index contributed by atoms with van der Waals surface area (Å²) in [5.41, 5.74) is 3.06. The molecule has 5 nitrogen and oxygen atoms in total. The fraction of sp³-hybridized carbons (Fsp3) is 0.571. The van der Waals surface area contributed by atoms with Gasteiger partial charge in [0.1, 0.15) is 0 Å². The highest BCUT2D eigenvalue weighted by atomic mass is 16.3. The molecule has 2 aromatic heterocycles. The van der Waals surface area contributed by atoms with E-state index in [9.17, 15) is 5.11 Å². The molecule has 2 unspecified atom stereocenters. The zero-order valence-electron chi connectivity index (χ0n) is 12.0. The quantitative estimate of drug-likeness (QED) is 0.857. The van der Waals surface area contributed by atoms with Crippen molar-refractivity contribution in [3.8, 4) is 0 Å². The Bertz CT molecular complexity index is 562. The van der Waals surface area contributed by atoms with E-state index < -0.39 is 0 Å². The summed E-state index contributed by atoms with van der Waals surface area (Å²) in [7, 11) is 1.91. The predicted octanol–water partition coefficient (Wildman–Crippen LogP) is 1.53. The first-order valence-electron chi connectivity index (χ1n) is 6.67. The molecule has 5 heteroatoms. The van der Waals surface area contributed by atoms with E-state index in [1.54, 1.807) is 4.68 Å². The number of rotatable bonds is 5. The monoisotopic (exact) mass is 262 g/mol. The lowest BCUT2D eigenvalue weighted by molar-refractivity contribution is 0.170. The molecule has 104 valence electrons. The normalized spacial score (nSPS) is 14.8. The number of pyridine rings is 1. The van der Waals surface area contributed by atoms with Crippen molar-refractivity contribution < 1.29 is 5.11 Å². The summed E-state index contributed by atoms with van der Waals surface area (Å²) in [6.07, 6.45) is 2.36. The third-order valence-corrected chi connectivity index (χ3v) is 3.27. The molecule has 2 atom stereocenters. The number of hydrogen-bond acceptors (Lipinski definition) is 4. The Morgan fingerprint density at radius 2 is 2.16 bits per heavy atom. The molecule has 2 aromatic rings. The fourth-order valence-corrected chi connectivity index (χ4v) is 2.33. The minimum atomic E-state index is -0.274. The van der Waals surface area contributed by atoms with Crippen LogP contribution in [-0.2, 0) is 13.6 Å². The molecule has 2 rings (SSSR count). The van der Waals surface area contributed by atoms with Crippen LogP contribution < -0.4 is 5.32 Å². The molecule has 0 radical (unpaired) electrons. The van der Waals surface area contributed by atoms with Crippen LogP contribution in [0.25, 0.3) is 11.0 Å². The van der Waals surface area contributed by atoms with Crippen LogP contribution >= 0.6 is 0 Å². The number of aliphatic hydroxyl groups is 1. The molecule has 0 aliphatic rings. The second-order valence-corrected chi connectivity index (χ2v) is 5.29. The van der Waals surface area contributed by atoms with Crippen molar-refractivity contribution in [1.29, 1.82) is 0 Å². The van der Waals surface area contributed by atoms with E-state index in [1.165, 1.54) is 0 Å². The molecule has 0 aliphatic carbocycles. The van der Waals surface area contributed by atoms with Crippen molar-refractivity contribution >= 4 is 11.0 Å². The average molecular weight is 262 g/mol. The van der Waals surface area contributed by atoms with Gasteiger partial charge < -0.3 is 10.4 Å². The third-order valence-electron chi connectivity index (χ3n) is 3.27. The lowest BCUT2D eigenvalue weighted by atomic mass is 10.1. The van der Waals surface area contributed by atoms with E-state index in [0.29, 0.717) is 0 Å². The minimum Gasteiger partial charge on any atom is -0.393 e. The maximum Gasteiger partial charge on any atom is 0.157 e. The molecule has 0 saturated heterocycles. The first-order chi connectivity index (χ1) is 8.97. The maximum atomic E-state index is 9.34. The number of aliphatic hydroxyl groups excluding tert-OH is 1. The van der Waals surface area contributed by atoms with Crippen LogP contribution in [0.3, 0.4) is 0 Å². The molecule has 0 amide bonds. The third kappa shape index (κ3) is 3.30. The Morgan fingerprint density at radius 1 is 1.42 bits per heavy atom. The van der Waals surface area contributed by atoms with Crippen molar-refractivity contribution in [3.63, 3.8) is 0 Å². The summed E-state index contributed by atoms with van der Waals surface area (Å²) < 4.78 is 1.80. The highest BCUT2D eigenvalue weighted by Gasteiger charge is 2.09. The van der Waals surface area contributed by atoms with Crippen LogP contribution in [0.15, 0.2) is 12.3 Å². The SMILES string of the molecule is Cc1nn(C)c2ncc(CNC(C)CC(C)O)cc12.